The number of rotatable bonds is 2. The summed E-state index contributed by atoms with van der Waals surface area (Å²) in [6, 6.07) is 0.298. The van der Waals surface area contributed by atoms with Gasteiger partial charge in [-0.15, -0.1) is 0 Å². The zero-order valence-corrected chi connectivity index (χ0v) is 18.9. The van der Waals surface area contributed by atoms with E-state index in [1.807, 2.05) is 0 Å². The molecule has 164 valence electrons. The smallest absolute Gasteiger partial charge is 0.303 e. The number of hydrazone groups is 1. The van der Waals surface area contributed by atoms with E-state index in [4.69, 9.17) is 15.3 Å². The Balaban J connectivity index is 1.63. The lowest BCUT2D eigenvalue weighted by atomic mass is 9.60. The van der Waals surface area contributed by atoms with Crippen LogP contribution in [0.2, 0.25) is 0 Å². The molecule has 0 amide bonds. The molecule has 0 radical (unpaired) electrons. The third kappa shape index (κ3) is 2.44. The summed E-state index contributed by atoms with van der Waals surface area (Å²) in [6.45, 7) is 6.04. The number of carbonyl (C=O) groups excluding carboxylic acids is 1. The van der Waals surface area contributed by atoms with Crippen molar-refractivity contribution in [2.75, 3.05) is 14.1 Å². The summed E-state index contributed by atoms with van der Waals surface area (Å²) in [5.74, 6) is 6.18. The van der Waals surface area contributed by atoms with Crippen LogP contribution in [0.3, 0.4) is 0 Å². The summed E-state index contributed by atoms with van der Waals surface area (Å²) in [5, 5.41) is 4.18. The Bertz CT molecular complexity index is 877. The summed E-state index contributed by atoms with van der Waals surface area (Å²) in [4.78, 5) is 14.3. The van der Waals surface area contributed by atoms with Crippen LogP contribution in [-0.4, -0.2) is 54.0 Å². The number of nitrogens with zero attached hydrogens (tertiary/aromatic N) is 2. The molecule has 0 aromatic heterocycles. The molecule has 1 saturated heterocycles. The lowest BCUT2D eigenvalue weighted by Gasteiger charge is -2.56. The van der Waals surface area contributed by atoms with Crippen LogP contribution in [0.4, 0.5) is 0 Å². The van der Waals surface area contributed by atoms with Gasteiger partial charge in [-0.1, -0.05) is 26.0 Å². The molecule has 6 heteroatoms. The molecule has 5 rings (SSSR count). The third-order valence-corrected chi connectivity index (χ3v) is 9.05. The molecule has 0 aromatic rings. The zero-order valence-electron chi connectivity index (χ0n) is 18.9. The first-order valence-corrected chi connectivity index (χ1v) is 11.4. The van der Waals surface area contributed by atoms with E-state index >= 15 is 0 Å². The van der Waals surface area contributed by atoms with E-state index < -0.39 is 0 Å². The molecular formula is C24H35N3O3. The SMILES string of the molecule is CC(=O)O[C@@H]1C2=CC3=CC[C@]4(C)/C(=N\N)CC[C@H]4[C@@]34CC[C@]2(C[C@H](N(C)C)[C@H]1C)O4. The van der Waals surface area contributed by atoms with E-state index in [1.54, 1.807) is 0 Å². The van der Waals surface area contributed by atoms with Crippen LogP contribution in [0, 0.1) is 17.3 Å². The maximum Gasteiger partial charge on any atom is 0.303 e. The highest BCUT2D eigenvalue weighted by molar-refractivity contribution is 5.93. The number of esters is 1. The summed E-state index contributed by atoms with van der Waals surface area (Å²) >= 11 is 0. The van der Waals surface area contributed by atoms with Gasteiger partial charge in [0.2, 0.25) is 0 Å². The highest BCUT2D eigenvalue weighted by Gasteiger charge is 2.68. The van der Waals surface area contributed by atoms with Crippen LogP contribution in [0.5, 0.6) is 0 Å². The number of allylic oxidation sites excluding steroid dienone is 1. The minimum absolute atomic E-state index is 0.0205. The molecule has 0 aromatic carbocycles. The zero-order chi connectivity index (χ0) is 21.5. The summed E-state index contributed by atoms with van der Waals surface area (Å²) < 4.78 is 13.2. The highest BCUT2D eigenvalue weighted by atomic mass is 16.6. The largest absolute Gasteiger partial charge is 0.458 e. The van der Waals surface area contributed by atoms with Crippen LogP contribution in [0.1, 0.15) is 59.3 Å². The molecule has 6 nitrogen and oxygen atoms in total. The molecule has 3 fully saturated rings. The quantitative estimate of drug-likeness (QED) is 0.427. The van der Waals surface area contributed by atoms with Crippen molar-refractivity contribution in [2.45, 2.75) is 82.6 Å². The highest BCUT2D eigenvalue weighted by Crippen LogP contribution is 2.66. The normalized spacial score (nSPS) is 48.0. The van der Waals surface area contributed by atoms with Crippen LogP contribution >= 0.6 is 0 Å². The van der Waals surface area contributed by atoms with Crippen LogP contribution in [0.15, 0.2) is 28.4 Å². The molecule has 30 heavy (non-hydrogen) atoms. The first kappa shape index (κ1) is 20.3. The fourth-order valence-corrected chi connectivity index (χ4v) is 7.59. The van der Waals surface area contributed by atoms with Gasteiger partial charge in [0, 0.05) is 41.5 Å². The topological polar surface area (TPSA) is 77.1 Å². The molecule has 2 heterocycles. The van der Waals surface area contributed by atoms with Gasteiger partial charge in [-0.2, -0.15) is 5.10 Å². The van der Waals surface area contributed by atoms with Gasteiger partial charge in [0.05, 0.1) is 11.2 Å². The molecule has 2 saturated carbocycles. The van der Waals surface area contributed by atoms with Crippen LogP contribution < -0.4 is 5.84 Å². The Kier molecular flexibility index (Phi) is 4.34. The van der Waals surface area contributed by atoms with Crippen molar-refractivity contribution in [3.63, 3.8) is 0 Å². The molecule has 3 aliphatic carbocycles. The second-order valence-corrected chi connectivity index (χ2v) is 10.7. The van der Waals surface area contributed by atoms with E-state index in [1.165, 1.54) is 18.1 Å². The van der Waals surface area contributed by atoms with Crippen molar-refractivity contribution >= 4 is 11.7 Å². The molecule has 2 aliphatic heterocycles. The predicted molar refractivity (Wildman–Crippen MR) is 116 cm³/mol. The number of fused-ring (bicyclic) bond motifs is 1. The molecule has 5 aliphatic rings. The summed E-state index contributed by atoms with van der Waals surface area (Å²) in [7, 11) is 4.24. The van der Waals surface area contributed by atoms with Gasteiger partial charge in [-0.25, -0.2) is 0 Å². The third-order valence-electron chi connectivity index (χ3n) is 9.05. The van der Waals surface area contributed by atoms with Gasteiger partial charge >= 0.3 is 5.97 Å². The van der Waals surface area contributed by atoms with Crippen LogP contribution in [-0.2, 0) is 14.3 Å². The van der Waals surface area contributed by atoms with Crippen molar-refractivity contribution in [1.29, 1.82) is 0 Å². The van der Waals surface area contributed by atoms with Gasteiger partial charge < -0.3 is 20.2 Å². The molecule has 7 atom stereocenters. The van der Waals surface area contributed by atoms with Crippen molar-refractivity contribution in [2.24, 2.45) is 28.2 Å². The van der Waals surface area contributed by atoms with Gasteiger partial charge in [0.25, 0.3) is 0 Å². The maximum absolute atomic E-state index is 12.0. The Morgan fingerprint density at radius 2 is 2.13 bits per heavy atom. The molecule has 0 unspecified atom stereocenters. The van der Waals surface area contributed by atoms with E-state index in [9.17, 15) is 4.79 Å². The van der Waals surface area contributed by atoms with Crippen molar-refractivity contribution in [3.05, 3.63) is 23.3 Å². The first-order chi connectivity index (χ1) is 14.2. The number of carbonyl (C=O) groups is 1. The lowest BCUT2D eigenvalue weighted by molar-refractivity contribution is -0.167. The molecule has 2 spiro atoms. The van der Waals surface area contributed by atoms with Gasteiger partial charge in [0.1, 0.15) is 6.10 Å². The second kappa shape index (κ2) is 6.42. The van der Waals surface area contributed by atoms with E-state index in [0.29, 0.717) is 12.0 Å². The predicted octanol–water partition coefficient (Wildman–Crippen LogP) is 3.18. The monoisotopic (exact) mass is 413 g/mol. The molecule has 2 bridgehead atoms. The van der Waals surface area contributed by atoms with Gasteiger partial charge in [-0.05, 0) is 58.2 Å². The second-order valence-electron chi connectivity index (χ2n) is 10.7. The standard InChI is InChI=1S/C24H35N3O3/c1-14-18(27(4)5)13-23-10-11-24(30-23)16(12-17(23)21(14)29-15(2)28)8-9-22(3)19(24)6-7-20(22)26-25/h8,12,14,18-19,21H,6-7,9-11,13,25H2,1-5H3/b26-20-/t14-,18+,19-,21+,22+,23-,24-/m1/s1. The number of nitrogens with two attached hydrogens (primary N) is 1. The Morgan fingerprint density at radius 3 is 2.80 bits per heavy atom. The average Bonchev–Trinajstić information content (AvgIpc) is 3.19. The summed E-state index contributed by atoms with van der Waals surface area (Å²) in [5.41, 5.74) is 2.97. The van der Waals surface area contributed by atoms with Crippen molar-refractivity contribution < 1.29 is 14.3 Å². The number of ether oxygens (including phenoxy) is 2. The maximum atomic E-state index is 12.0. The van der Waals surface area contributed by atoms with Crippen LogP contribution in [0.25, 0.3) is 0 Å². The number of hydrogen-bond donors (Lipinski definition) is 1. The molecular weight excluding hydrogens is 378 g/mol. The van der Waals surface area contributed by atoms with Crippen molar-refractivity contribution in [3.8, 4) is 0 Å². The fourth-order valence-electron chi connectivity index (χ4n) is 7.59. The Labute approximate surface area is 179 Å². The molecule has 2 N–H and O–H groups in total. The van der Waals surface area contributed by atoms with E-state index in [0.717, 1.165) is 44.2 Å². The first-order valence-electron chi connectivity index (χ1n) is 11.4. The van der Waals surface area contributed by atoms with E-state index in [2.05, 4.69) is 50.1 Å². The minimum atomic E-state index is -0.347. The van der Waals surface area contributed by atoms with E-state index in [-0.39, 0.29) is 34.6 Å². The van der Waals surface area contributed by atoms with Crippen molar-refractivity contribution in [1.82, 2.24) is 4.90 Å². The summed E-state index contributed by atoms with van der Waals surface area (Å²) in [6.07, 6.45) is 10.4. The van der Waals surface area contributed by atoms with Gasteiger partial charge in [0.15, 0.2) is 0 Å². The fraction of sp³-hybridized carbons (Fsp3) is 0.750. The Morgan fingerprint density at radius 1 is 1.37 bits per heavy atom. The van der Waals surface area contributed by atoms with Gasteiger partial charge in [-0.3, -0.25) is 4.79 Å². The Hall–Kier alpha value is -1.66. The average molecular weight is 414 g/mol. The minimum Gasteiger partial charge on any atom is -0.458 e. The lowest BCUT2D eigenvalue weighted by Crippen LogP contribution is -2.60. The number of hydrogen-bond acceptors (Lipinski definition) is 6.